The lowest BCUT2D eigenvalue weighted by atomic mass is 9.69. The zero-order valence-corrected chi connectivity index (χ0v) is 10.9. The van der Waals surface area contributed by atoms with Crippen LogP contribution in [0.2, 0.25) is 0 Å². The van der Waals surface area contributed by atoms with Crippen molar-refractivity contribution in [2.24, 2.45) is 5.41 Å². The summed E-state index contributed by atoms with van der Waals surface area (Å²) in [7, 11) is 1.73. The third-order valence-electron chi connectivity index (χ3n) is 4.35. The largest absolute Gasteiger partial charge is 0.396 e. The summed E-state index contributed by atoms with van der Waals surface area (Å²) >= 11 is 0. The highest BCUT2D eigenvalue weighted by molar-refractivity contribution is 6.04. The highest BCUT2D eigenvalue weighted by Crippen LogP contribution is 2.49. The van der Waals surface area contributed by atoms with Gasteiger partial charge in [0.1, 0.15) is 6.33 Å². The maximum absolute atomic E-state index is 12.5. The van der Waals surface area contributed by atoms with Gasteiger partial charge >= 0.3 is 0 Å². The van der Waals surface area contributed by atoms with E-state index in [1.54, 1.807) is 18.1 Å². The van der Waals surface area contributed by atoms with Crippen molar-refractivity contribution in [2.75, 3.05) is 31.8 Å². The van der Waals surface area contributed by atoms with Crippen LogP contribution in [0.1, 0.15) is 24.5 Å². The van der Waals surface area contributed by atoms with Gasteiger partial charge in [0.25, 0.3) is 0 Å². The number of ether oxygens (including phenoxy) is 1. The number of aromatic nitrogens is 2. The number of amides is 1. The van der Waals surface area contributed by atoms with Crippen molar-refractivity contribution in [1.82, 2.24) is 9.97 Å². The summed E-state index contributed by atoms with van der Waals surface area (Å²) in [5.74, 6) is -0.393. The first-order chi connectivity index (χ1) is 9.19. The van der Waals surface area contributed by atoms with Crippen LogP contribution in [0.3, 0.4) is 0 Å². The zero-order chi connectivity index (χ0) is 13.5. The molecule has 0 spiro atoms. The number of anilines is 1. The van der Waals surface area contributed by atoms with Crippen LogP contribution in [-0.2, 0) is 9.53 Å². The fraction of sp³-hybridized carbons (Fsp3) is 0.615. The van der Waals surface area contributed by atoms with E-state index >= 15 is 0 Å². The number of aliphatic hydroxyl groups excluding tert-OH is 1. The topological polar surface area (TPSA) is 75.6 Å². The van der Waals surface area contributed by atoms with E-state index in [0.717, 1.165) is 11.4 Å². The van der Waals surface area contributed by atoms with Gasteiger partial charge in [-0.05, 0) is 12.8 Å². The smallest absolute Gasteiger partial charge is 0.236 e. The molecule has 3 heterocycles. The first-order valence-corrected chi connectivity index (χ1v) is 6.46. The molecule has 2 aliphatic rings. The Labute approximate surface area is 111 Å². The molecule has 0 saturated carbocycles. The minimum Gasteiger partial charge on any atom is -0.396 e. The van der Waals surface area contributed by atoms with E-state index in [0.29, 0.717) is 26.1 Å². The van der Waals surface area contributed by atoms with Crippen LogP contribution in [0.15, 0.2) is 12.5 Å². The Hall–Kier alpha value is -1.53. The molecule has 1 saturated heterocycles. The second kappa shape index (κ2) is 4.54. The van der Waals surface area contributed by atoms with Gasteiger partial charge in [-0.15, -0.1) is 0 Å². The predicted molar refractivity (Wildman–Crippen MR) is 67.8 cm³/mol. The number of aliphatic hydroxyl groups is 1. The van der Waals surface area contributed by atoms with Gasteiger partial charge in [0.2, 0.25) is 5.91 Å². The van der Waals surface area contributed by atoms with Gasteiger partial charge in [-0.3, -0.25) is 4.79 Å². The molecule has 0 bridgehead atoms. The zero-order valence-electron chi connectivity index (χ0n) is 10.9. The minimum absolute atomic E-state index is 0.00792. The number of carbonyl (C=O) groups is 1. The van der Waals surface area contributed by atoms with Gasteiger partial charge in [0.05, 0.1) is 30.1 Å². The van der Waals surface area contributed by atoms with E-state index in [9.17, 15) is 9.90 Å². The Morgan fingerprint density at radius 1 is 1.53 bits per heavy atom. The van der Waals surface area contributed by atoms with Gasteiger partial charge < -0.3 is 14.7 Å². The molecule has 1 aromatic heterocycles. The SMILES string of the molecule is CN1C(=O)C(C2(CO)CCOCC2)c2ncncc21. The van der Waals surface area contributed by atoms with Crippen molar-refractivity contribution in [3.05, 3.63) is 18.2 Å². The van der Waals surface area contributed by atoms with Crippen LogP contribution < -0.4 is 4.90 Å². The quantitative estimate of drug-likeness (QED) is 0.832. The van der Waals surface area contributed by atoms with Crippen molar-refractivity contribution in [1.29, 1.82) is 0 Å². The standard InChI is InChI=1S/C13H17N3O3/c1-16-9-6-14-8-15-11(9)10(12(16)18)13(7-17)2-4-19-5-3-13/h6,8,10,17H,2-5,7H2,1H3. The van der Waals surface area contributed by atoms with Gasteiger partial charge in [0, 0.05) is 25.7 Å². The molecule has 1 fully saturated rings. The molecule has 0 radical (unpaired) electrons. The first-order valence-electron chi connectivity index (χ1n) is 6.46. The van der Waals surface area contributed by atoms with Crippen LogP contribution >= 0.6 is 0 Å². The number of hydrogen-bond donors (Lipinski definition) is 1. The van der Waals surface area contributed by atoms with Gasteiger partial charge in [-0.2, -0.15) is 0 Å². The third kappa shape index (κ3) is 1.74. The Morgan fingerprint density at radius 3 is 2.95 bits per heavy atom. The average Bonchev–Trinajstić information content (AvgIpc) is 2.73. The summed E-state index contributed by atoms with van der Waals surface area (Å²) in [6, 6.07) is 0. The van der Waals surface area contributed by atoms with Crippen molar-refractivity contribution < 1.29 is 14.6 Å². The first kappa shape index (κ1) is 12.5. The molecule has 19 heavy (non-hydrogen) atoms. The summed E-state index contributed by atoms with van der Waals surface area (Å²) in [5, 5.41) is 9.86. The van der Waals surface area contributed by atoms with Gasteiger partial charge in [-0.25, -0.2) is 9.97 Å². The van der Waals surface area contributed by atoms with Gasteiger partial charge in [-0.1, -0.05) is 0 Å². The van der Waals surface area contributed by atoms with Gasteiger partial charge in [0.15, 0.2) is 0 Å². The molecule has 102 valence electrons. The molecule has 1 atom stereocenters. The molecule has 1 unspecified atom stereocenters. The van der Waals surface area contributed by atoms with E-state index < -0.39 is 5.41 Å². The van der Waals surface area contributed by atoms with E-state index in [4.69, 9.17) is 4.74 Å². The van der Waals surface area contributed by atoms with Crippen molar-refractivity contribution in [3.63, 3.8) is 0 Å². The lowest BCUT2D eigenvalue weighted by Crippen LogP contribution is -2.43. The van der Waals surface area contributed by atoms with Crippen molar-refractivity contribution >= 4 is 11.6 Å². The second-order valence-electron chi connectivity index (χ2n) is 5.26. The summed E-state index contributed by atoms with van der Waals surface area (Å²) in [5.41, 5.74) is 1.03. The van der Waals surface area contributed by atoms with E-state index in [-0.39, 0.29) is 18.4 Å². The average molecular weight is 263 g/mol. The molecule has 0 aliphatic carbocycles. The number of nitrogens with zero attached hydrogens (tertiary/aromatic N) is 3. The van der Waals surface area contributed by atoms with Crippen molar-refractivity contribution in [3.8, 4) is 0 Å². The van der Waals surface area contributed by atoms with Crippen LogP contribution in [0.5, 0.6) is 0 Å². The molecular weight excluding hydrogens is 246 g/mol. The fourth-order valence-corrected chi connectivity index (χ4v) is 3.11. The number of rotatable bonds is 2. The molecule has 6 heteroatoms. The molecule has 1 aromatic rings. The molecule has 0 aromatic carbocycles. The van der Waals surface area contributed by atoms with Crippen LogP contribution in [0, 0.1) is 5.41 Å². The lowest BCUT2D eigenvalue weighted by Gasteiger charge is -2.39. The second-order valence-corrected chi connectivity index (χ2v) is 5.26. The molecule has 2 aliphatic heterocycles. The third-order valence-corrected chi connectivity index (χ3v) is 4.35. The van der Waals surface area contributed by atoms with Crippen LogP contribution in [-0.4, -0.2) is 47.8 Å². The van der Waals surface area contributed by atoms with Crippen LogP contribution in [0.25, 0.3) is 0 Å². The van der Waals surface area contributed by atoms with Crippen molar-refractivity contribution in [2.45, 2.75) is 18.8 Å². The van der Waals surface area contributed by atoms with E-state index in [1.807, 2.05) is 0 Å². The highest BCUT2D eigenvalue weighted by Gasteiger charge is 2.51. The Morgan fingerprint density at radius 2 is 2.26 bits per heavy atom. The summed E-state index contributed by atoms with van der Waals surface area (Å²) < 4.78 is 5.37. The monoisotopic (exact) mass is 263 g/mol. The molecule has 1 amide bonds. The minimum atomic E-state index is -0.455. The normalized spacial score (nSPS) is 25.5. The highest BCUT2D eigenvalue weighted by atomic mass is 16.5. The Bertz CT molecular complexity index is 500. The molecule has 3 rings (SSSR count). The number of likely N-dealkylation sites (N-methyl/N-ethyl adjacent to an activating group) is 1. The predicted octanol–water partition coefficient (Wildman–Crippen LogP) is 0.326. The summed E-state index contributed by atoms with van der Waals surface area (Å²) in [6.07, 6.45) is 4.47. The fourth-order valence-electron chi connectivity index (χ4n) is 3.11. The summed E-state index contributed by atoms with van der Waals surface area (Å²) in [4.78, 5) is 22.4. The number of fused-ring (bicyclic) bond motifs is 1. The van der Waals surface area contributed by atoms with Crippen LogP contribution in [0.4, 0.5) is 5.69 Å². The molecule has 6 nitrogen and oxygen atoms in total. The molecule has 1 N–H and O–H groups in total. The maximum Gasteiger partial charge on any atom is 0.236 e. The number of carbonyl (C=O) groups excluding carboxylic acids is 1. The summed E-state index contributed by atoms with van der Waals surface area (Å²) in [6.45, 7) is 1.13. The Kier molecular flexibility index (Phi) is 2.99. The van der Waals surface area contributed by atoms with E-state index in [1.165, 1.54) is 6.33 Å². The number of hydrogen-bond acceptors (Lipinski definition) is 5. The Balaban J connectivity index is 2.06. The maximum atomic E-state index is 12.5. The lowest BCUT2D eigenvalue weighted by molar-refractivity contribution is -0.126. The molecular formula is C13H17N3O3. The van der Waals surface area contributed by atoms with E-state index in [2.05, 4.69) is 9.97 Å².